The van der Waals surface area contributed by atoms with Crippen LogP contribution in [0.1, 0.15) is 11.3 Å². The van der Waals surface area contributed by atoms with E-state index in [0.29, 0.717) is 0 Å². The van der Waals surface area contributed by atoms with E-state index in [9.17, 15) is 0 Å². The highest BCUT2D eigenvalue weighted by atomic mass is 14.9. The largest absolute Gasteiger partial charge is 0.381 e. The molecule has 0 atom stereocenters. The molecule has 8 rings (SSSR count). The van der Waals surface area contributed by atoms with E-state index in [1.54, 1.807) is 0 Å². The number of para-hydroxylation sites is 1. The summed E-state index contributed by atoms with van der Waals surface area (Å²) in [6, 6.07) is 30.2. The summed E-state index contributed by atoms with van der Waals surface area (Å²) in [4.78, 5) is 15.9. The number of nitrogens with one attached hydrogen (secondary N) is 4. The van der Waals surface area contributed by atoms with Gasteiger partial charge >= 0.3 is 0 Å². The molecule has 5 aromatic carbocycles. The molecule has 0 fully saturated rings. The third kappa shape index (κ3) is 3.38. The highest BCUT2D eigenvalue weighted by Gasteiger charge is 2.18. The van der Waals surface area contributed by atoms with Gasteiger partial charge in [0, 0.05) is 62.3 Å². The molecule has 4 N–H and O–H groups in total. The van der Waals surface area contributed by atoms with E-state index in [1.807, 2.05) is 0 Å². The summed E-state index contributed by atoms with van der Waals surface area (Å²) in [6.07, 6.45) is 2.11. The Morgan fingerprint density at radius 1 is 0.744 bits per heavy atom. The molecule has 3 heterocycles. The Labute approximate surface area is 225 Å². The summed E-state index contributed by atoms with van der Waals surface area (Å²) in [6.45, 7) is 2.86. The van der Waals surface area contributed by atoms with Crippen LogP contribution in [-0.2, 0) is 6.54 Å². The van der Waals surface area contributed by atoms with Crippen LogP contribution in [-0.4, -0.2) is 27.8 Å². The van der Waals surface area contributed by atoms with Crippen LogP contribution in [0.3, 0.4) is 0 Å². The van der Waals surface area contributed by atoms with Crippen molar-refractivity contribution >= 4 is 73.4 Å². The number of hydrogen-bond donors (Lipinski definition) is 4. The van der Waals surface area contributed by atoms with Crippen molar-refractivity contribution in [2.75, 3.05) is 5.32 Å². The zero-order valence-electron chi connectivity index (χ0n) is 21.8. The summed E-state index contributed by atoms with van der Waals surface area (Å²) in [5, 5.41) is 10.9. The predicted molar refractivity (Wildman–Crippen MR) is 167 cm³/mol. The number of aromatic nitrogens is 4. The van der Waals surface area contributed by atoms with Crippen molar-refractivity contribution in [3.05, 3.63) is 102 Å². The molecule has 0 saturated heterocycles. The third-order valence-corrected chi connectivity index (χ3v) is 8.00. The first kappa shape index (κ1) is 22.1. The first-order chi connectivity index (χ1) is 19.1. The molecule has 0 unspecified atom stereocenters. The summed E-state index contributed by atoms with van der Waals surface area (Å²) >= 11 is 0. The fourth-order valence-corrected chi connectivity index (χ4v) is 6.12. The zero-order valence-corrected chi connectivity index (χ0v) is 21.8. The van der Waals surface area contributed by atoms with E-state index >= 15 is 0 Å². The lowest BCUT2D eigenvalue weighted by atomic mass is 9.94. The number of rotatable bonds is 4. The van der Waals surface area contributed by atoms with Gasteiger partial charge in [0.15, 0.2) is 0 Å². The van der Waals surface area contributed by atoms with Crippen molar-refractivity contribution in [1.82, 2.24) is 19.9 Å². The lowest BCUT2D eigenvalue weighted by Crippen LogP contribution is -2.02. The van der Waals surface area contributed by atoms with Gasteiger partial charge in [0.25, 0.3) is 0 Å². The topological polar surface area (TPSA) is 72.3 Å². The van der Waals surface area contributed by atoms with E-state index in [2.05, 4.69) is 126 Å². The van der Waals surface area contributed by atoms with Gasteiger partial charge in [0.1, 0.15) is 13.7 Å². The van der Waals surface area contributed by atoms with Gasteiger partial charge in [-0.3, -0.25) is 0 Å². The average Bonchev–Trinajstić information content (AvgIpc) is 3.66. The monoisotopic (exact) mass is 503 g/mol. The molecule has 186 valence electrons. The van der Waals surface area contributed by atoms with Gasteiger partial charge < -0.3 is 20.3 Å². The molecule has 5 nitrogen and oxygen atoms in total. The van der Waals surface area contributed by atoms with E-state index in [-0.39, 0.29) is 0 Å². The molecular formula is C33H26BN5. The normalized spacial score (nSPS) is 11.9. The first-order valence-electron chi connectivity index (χ1n) is 13.4. The van der Waals surface area contributed by atoms with E-state index in [1.165, 1.54) is 43.5 Å². The molecule has 0 amide bonds. The number of aromatic amines is 3. The quantitative estimate of drug-likeness (QED) is 0.160. The standard InChI is InChI=1S/C33H26BN5/c1-18-30(25-8-4-5-9-29(25)37-18)33-38-31-24-7-3-2-6-22(24)23-12-11-21(15-27(23)32(31)39-33)35-16-19-17-36-28-13-10-20(34)14-26(19)28/h2-15,17,35-37H,16,34H2,1H3,(H,38,39). The molecule has 6 heteroatoms. The van der Waals surface area contributed by atoms with Crippen LogP contribution >= 0.6 is 0 Å². The maximum atomic E-state index is 5.20. The average molecular weight is 503 g/mol. The van der Waals surface area contributed by atoms with Gasteiger partial charge in [0.2, 0.25) is 0 Å². The van der Waals surface area contributed by atoms with Gasteiger partial charge in [-0.25, -0.2) is 4.98 Å². The van der Waals surface area contributed by atoms with Crippen LogP contribution in [0.4, 0.5) is 5.69 Å². The molecule has 0 saturated carbocycles. The highest BCUT2D eigenvalue weighted by molar-refractivity contribution is 6.33. The van der Waals surface area contributed by atoms with Crippen LogP contribution in [0.2, 0.25) is 0 Å². The van der Waals surface area contributed by atoms with Crippen molar-refractivity contribution in [2.45, 2.75) is 13.5 Å². The second-order valence-corrected chi connectivity index (χ2v) is 10.5. The molecule has 0 bridgehead atoms. The molecule has 3 aromatic heterocycles. The van der Waals surface area contributed by atoms with Gasteiger partial charge in [-0.05, 0) is 47.5 Å². The Kier molecular flexibility index (Phi) is 4.68. The minimum absolute atomic E-state index is 0.744. The van der Waals surface area contributed by atoms with Gasteiger partial charge in [-0.1, -0.05) is 66.1 Å². The van der Waals surface area contributed by atoms with Crippen LogP contribution in [0.25, 0.3) is 65.8 Å². The smallest absolute Gasteiger partial charge is 0.140 e. The van der Waals surface area contributed by atoms with Crippen LogP contribution in [0, 0.1) is 6.92 Å². The number of benzene rings is 5. The maximum absolute atomic E-state index is 5.20. The fraction of sp³-hybridized carbons (Fsp3) is 0.0606. The Morgan fingerprint density at radius 2 is 1.54 bits per heavy atom. The molecule has 0 aliphatic rings. The van der Waals surface area contributed by atoms with E-state index in [4.69, 9.17) is 4.98 Å². The van der Waals surface area contributed by atoms with Crippen molar-refractivity contribution in [1.29, 1.82) is 0 Å². The Morgan fingerprint density at radius 3 is 2.44 bits per heavy atom. The minimum Gasteiger partial charge on any atom is -0.381 e. The number of imidazole rings is 1. The number of hydrogen-bond acceptors (Lipinski definition) is 2. The molecule has 0 aliphatic heterocycles. The fourth-order valence-electron chi connectivity index (χ4n) is 6.12. The first-order valence-corrected chi connectivity index (χ1v) is 13.4. The Bertz CT molecular complexity index is 2220. The van der Waals surface area contributed by atoms with Crippen LogP contribution in [0.5, 0.6) is 0 Å². The highest BCUT2D eigenvalue weighted by Crippen LogP contribution is 2.38. The predicted octanol–water partition coefficient (Wildman–Crippen LogP) is 6.68. The zero-order chi connectivity index (χ0) is 26.1. The molecule has 0 aliphatic carbocycles. The lowest BCUT2D eigenvalue weighted by Gasteiger charge is -2.10. The van der Waals surface area contributed by atoms with Crippen molar-refractivity contribution in [3.63, 3.8) is 0 Å². The lowest BCUT2D eigenvalue weighted by molar-refractivity contribution is 1.16. The maximum Gasteiger partial charge on any atom is 0.140 e. The molecule has 8 aromatic rings. The Balaban J connectivity index is 1.29. The van der Waals surface area contributed by atoms with Crippen LogP contribution < -0.4 is 10.8 Å². The second-order valence-electron chi connectivity index (χ2n) is 10.5. The van der Waals surface area contributed by atoms with Gasteiger partial charge in [-0.15, -0.1) is 0 Å². The van der Waals surface area contributed by atoms with E-state index < -0.39 is 0 Å². The summed E-state index contributed by atoms with van der Waals surface area (Å²) < 4.78 is 0. The van der Waals surface area contributed by atoms with Gasteiger partial charge in [-0.2, -0.15) is 0 Å². The van der Waals surface area contributed by atoms with Crippen LogP contribution in [0.15, 0.2) is 91.1 Å². The third-order valence-electron chi connectivity index (χ3n) is 8.00. The summed E-state index contributed by atoms with van der Waals surface area (Å²) in [7, 11) is 2.14. The number of fused-ring (bicyclic) bond motifs is 8. The van der Waals surface area contributed by atoms with Crippen molar-refractivity contribution in [2.24, 2.45) is 0 Å². The molecular weight excluding hydrogens is 477 g/mol. The SMILES string of the molecule is Bc1ccc2[nH]cc(CNc3ccc4c5ccccc5c5nc(-c6c(C)[nH]c7ccccc67)[nH]c5c4c3)c2c1. The molecule has 39 heavy (non-hydrogen) atoms. The number of aryl methyl sites for hydroxylation is 1. The summed E-state index contributed by atoms with van der Waals surface area (Å²) in [5.41, 5.74) is 10.2. The van der Waals surface area contributed by atoms with E-state index in [0.717, 1.165) is 51.3 Å². The summed E-state index contributed by atoms with van der Waals surface area (Å²) in [5.74, 6) is 0.894. The molecule has 0 radical (unpaired) electrons. The number of anilines is 1. The van der Waals surface area contributed by atoms with Gasteiger partial charge in [0.05, 0.1) is 11.0 Å². The molecule has 0 spiro atoms. The Hall–Kier alpha value is -4.97. The van der Waals surface area contributed by atoms with Crippen molar-refractivity contribution in [3.8, 4) is 11.4 Å². The second kappa shape index (κ2) is 8.27. The number of H-pyrrole nitrogens is 3. The minimum atomic E-state index is 0.744. The van der Waals surface area contributed by atoms with Crippen molar-refractivity contribution < 1.29 is 0 Å². The number of nitrogens with zero attached hydrogens (tertiary/aromatic N) is 1.